The second-order valence-corrected chi connectivity index (χ2v) is 4.65. The maximum Gasteiger partial charge on any atom is 0.321 e. The number of rotatable bonds is 5. The van der Waals surface area contributed by atoms with Crippen LogP contribution in [0.4, 0.5) is 0 Å². The van der Waals surface area contributed by atoms with Gasteiger partial charge in [-0.3, -0.25) is 14.4 Å². The van der Waals surface area contributed by atoms with E-state index in [0.717, 1.165) is 0 Å². The number of carbonyl (C=O) groups excluding carboxylic acids is 3. The standard InChI is InChI=1S/C13H20O6/c1-5-17-11(14)8-9(12(15)18-6-2)13(16)19-10(8)7(3)4/h7-10H,5-6H2,1-4H3/t8-,9+,10-/m1/s1. The quantitative estimate of drug-likeness (QED) is 0.421. The summed E-state index contributed by atoms with van der Waals surface area (Å²) in [6, 6.07) is 0. The average Bonchev–Trinajstić information content (AvgIpc) is 2.67. The third kappa shape index (κ3) is 3.24. The van der Waals surface area contributed by atoms with Gasteiger partial charge in [-0.1, -0.05) is 13.8 Å². The largest absolute Gasteiger partial charge is 0.466 e. The monoisotopic (exact) mass is 272 g/mol. The van der Waals surface area contributed by atoms with Crippen LogP contribution in [-0.4, -0.2) is 37.2 Å². The smallest absolute Gasteiger partial charge is 0.321 e. The summed E-state index contributed by atoms with van der Waals surface area (Å²) in [6.45, 7) is 7.26. The van der Waals surface area contributed by atoms with Gasteiger partial charge >= 0.3 is 17.9 Å². The summed E-state index contributed by atoms with van der Waals surface area (Å²) in [7, 11) is 0. The molecule has 0 radical (unpaired) electrons. The van der Waals surface area contributed by atoms with Crippen molar-refractivity contribution in [2.24, 2.45) is 17.8 Å². The zero-order chi connectivity index (χ0) is 14.6. The van der Waals surface area contributed by atoms with Crippen molar-refractivity contribution < 1.29 is 28.6 Å². The summed E-state index contributed by atoms with van der Waals surface area (Å²) in [4.78, 5) is 35.6. The molecule has 0 aromatic rings. The predicted molar refractivity (Wildman–Crippen MR) is 65.0 cm³/mol. The Hall–Kier alpha value is -1.59. The molecule has 1 heterocycles. The first-order valence-corrected chi connectivity index (χ1v) is 6.47. The first-order valence-electron chi connectivity index (χ1n) is 6.47. The first kappa shape index (κ1) is 15.5. The van der Waals surface area contributed by atoms with E-state index < -0.39 is 35.8 Å². The van der Waals surface area contributed by atoms with Gasteiger partial charge in [-0.25, -0.2) is 0 Å². The molecule has 6 nitrogen and oxygen atoms in total. The van der Waals surface area contributed by atoms with Gasteiger partial charge in [0.25, 0.3) is 0 Å². The number of carbonyl (C=O) groups is 3. The summed E-state index contributed by atoms with van der Waals surface area (Å²) >= 11 is 0. The molecule has 0 aliphatic carbocycles. The Morgan fingerprint density at radius 3 is 2.16 bits per heavy atom. The highest BCUT2D eigenvalue weighted by molar-refractivity contribution is 6.01. The van der Waals surface area contributed by atoms with E-state index in [-0.39, 0.29) is 19.1 Å². The predicted octanol–water partition coefficient (Wildman–Crippen LogP) is 0.926. The van der Waals surface area contributed by atoms with E-state index in [1.807, 2.05) is 13.8 Å². The van der Waals surface area contributed by atoms with Crippen LogP contribution in [0.3, 0.4) is 0 Å². The minimum Gasteiger partial charge on any atom is -0.466 e. The second kappa shape index (κ2) is 6.54. The van der Waals surface area contributed by atoms with E-state index in [1.54, 1.807) is 13.8 Å². The highest BCUT2D eigenvalue weighted by atomic mass is 16.6. The molecular weight excluding hydrogens is 252 g/mol. The highest BCUT2D eigenvalue weighted by Crippen LogP contribution is 2.34. The lowest BCUT2D eigenvalue weighted by atomic mass is 9.85. The molecule has 1 fully saturated rings. The van der Waals surface area contributed by atoms with E-state index in [0.29, 0.717) is 0 Å². The Bertz CT molecular complexity index is 362. The van der Waals surface area contributed by atoms with Crippen molar-refractivity contribution in [3.05, 3.63) is 0 Å². The van der Waals surface area contributed by atoms with Crippen LogP contribution in [0.2, 0.25) is 0 Å². The summed E-state index contributed by atoms with van der Waals surface area (Å²) in [6.07, 6.45) is -0.652. The van der Waals surface area contributed by atoms with Gasteiger partial charge in [-0.2, -0.15) is 0 Å². The molecule has 1 saturated heterocycles. The van der Waals surface area contributed by atoms with Crippen LogP contribution >= 0.6 is 0 Å². The van der Waals surface area contributed by atoms with Crippen LogP contribution in [0, 0.1) is 17.8 Å². The number of esters is 3. The van der Waals surface area contributed by atoms with Crippen molar-refractivity contribution in [1.82, 2.24) is 0 Å². The molecule has 0 amide bonds. The van der Waals surface area contributed by atoms with Gasteiger partial charge < -0.3 is 14.2 Å². The lowest BCUT2D eigenvalue weighted by Crippen LogP contribution is -2.38. The van der Waals surface area contributed by atoms with Gasteiger partial charge in [-0.15, -0.1) is 0 Å². The topological polar surface area (TPSA) is 78.9 Å². The van der Waals surface area contributed by atoms with Crippen LogP contribution in [0.25, 0.3) is 0 Å². The van der Waals surface area contributed by atoms with Gasteiger partial charge in [-0.05, 0) is 19.8 Å². The van der Waals surface area contributed by atoms with Gasteiger partial charge in [0.15, 0.2) is 5.92 Å². The van der Waals surface area contributed by atoms with Crippen molar-refractivity contribution in [3.63, 3.8) is 0 Å². The van der Waals surface area contributed by atoms with Crippen molar-refractivity contribution in [1.29, 1.82) is 0 Å². The fraction of sp³-hybridized carbons (Fsp3) is 0.769. The number of hydrogen-bond acceptors (Lipinski definition) is 6. The summed E-state index contributed by atoms with van der Waals surface area (Å²) in [5, 5.41) is 0. The minimum absolute atomic E-state index is 0.0854. The average molecular weight is 272 g/mol. The van der Waals surface area contributed by atoms with Crippen molar-refractivity contribution in [3.8, 4) is 0 Å². The molecule has 0 spiro atoms. The molecule has 0 aromatic heterocycles. The normalized spacial score (nSPS) is 26.2. The Balaban J connectivity index is 3.00. The Morgan fingerprint density at radius 1 is 1.16 bits per heavy atom. The molecule has 3 atom stereocenters. The molecule has 1 rings (SSSR count). The third-order valence-electron chi connectivity index (χ3n) is 2.98. The van der Waals surface area contributed by atoms with E-state index in [4.69, 9.17) is 14.2 Å². The molecule has 0 aromatic carbocycles. The van der Waals surface area contributed by atoms with Crippen LogP contribution < -0.4 is 0 Å². The fourth-order valence-electron chi connectivity index (χ4n) is 2.15. The number of hydrogen-bond donors (Lipinski definition) is 0. The van der Waals surface area contributed by atoms with Crippen LogP contribution in [0.15, 0.2) is 0 Å². The molecule has 108 valence electrons. The fourth-order valence-corrected chi connectivity index (χ4v) is 2.15. The molecule has 1 aliphatic rings. The zero-order valence-corrected chi connectivity index (χ0v) is 11.7. The highest BCUT2D eigenvalue weighted by Gasteiger charge is 2.55. The Labute approximate surface area is 112 Å². The van der Waals surface area contributed by atoms with Crippen LogP contribution in [0.1, 0.15) is 27.7 Å². The Kier molecular flexibility index (Phi) is 5.32. The van der Waals surface area contributed by atoms with Crippen LogP contribution in [-0.2, 0) is 28.6 Å². The van der Waals surface area contributed by atoms with Crippen molar-refractivity contribution in [2.45, 2.75) is 33.8 Å². The van der Waals surface area contributed by atoms with Gasteiger partial charge in [0.05, 0.1) is 13.2 Å². The SMILES string of the molecule is CCOC(=O)[C@H]1C(=O)O[C@H](C(C)C)[C@@H]1C(=O)OCC. The molecule has 19 heavy (non-hydrogen) atoms. The maximum atomic E-state index is 12.0. The molecule has 0 bridgehead atoms. The third-order valence-corrected chi connectivity index (χ3v) is 2.98. The first-order chi connectivity index (χ1) is 8.93. The second-order valence-electron chi connectivity index (χ2n) is 4.65. The number of ether oxygens (including phenoxy) is 3. The zero-order valence-electron chi connectivity index (χ0n) is 11.7. The molecular formula is C13H20O6. The lowest BCUT2D eigenvalue weighted by molar-refractivity contribution is -0.161. The van der Waals surface area contributed by atoms with E-state index in [1.165, 1.54) is 0 Å². The molecule has 6 heteroatoms. The van der Waals surface area contributed by atoms with Crippen molar-refractivity contribution >= 4 is 17.9 Å². The molecule has 1 aliphatic heterocycles. The maximum absolute atomic E-state index is 12.0. The summed E-state index contributed by atoms with van der Waals surface area (Å²) in [5.41, 5.74) is 0. The van der Waals surface area contributed by atoms with Crippen molar-refractivity contribution in [2.75, 3.05) is 13.2 Å². The summed E-state index contributed by atoms with van der Waals surface area (Å²) < 4.78 is 14.9. The molecule has 0 N–H and O–H groups in total. The minimum atomic E-state index is -1.22. The van der Waals surface area contributed by atoms with Gasteiger partial charge in [0, 0.05) is 0 Å². The molecule has 0 saturated carbocycles. The molecule has 0 unspecified atom stereocenters. The number of cyclic esters (lactones) is 1. The Morgan fingerprint density at radius 2 is 1.68 bits per heavy atom. The lowest BCUT2D eigenvalue weighted by Gasteiger charge is -2.21. The van der Waals surface area contributed by atoms with E-state index in [2.05, 4.69) is 0 Å². The van der Waals surface area contributed by atoms with Gasteiger partial charge in [0.2, 0.25) is 0 Å². The van der Waals surface area contributed by atoms with E-state index in [9.17, 15) is 14.4 Å². The van der Waals surface area contributed by atoms with Crippen LogP contribution in [0.5, 0.6) is 0 Å². The van der Waals surface area contributed by atoms with Gasteiger partial charge in [0.1, 0.15) is 12.0 Å². The summed E-state index contributed by atoms with van der Waals surface area (Å²) in [5.74, 6) is -4.26. The van der Waals surface area contributed by atoms with E-state index >= 15 is 0 Å².